The summed E-state index contributed by atoms with van der Waals surface area (Å²) >= 11 is 3.88. The molecule has 11 rings (SSSR count). The zero-order valence-electron chi connectivity index (χ0n) is 41.5. The Balaban J connectivity index is 1.22. The van der Waals surface area contributed by atoms with Gasteiger partial charge in [-0.25, -0.2) is 0 Å². The second-order valence-corrected chi connectivity index (χ2v) is 24.8. The first kappa shape index (κ1) is 43.9. The van der Waals surface area contributed by atoms with Crippen molar-refractivity contribution in [2.75, 3.05) is 9.80 Å². The Kier molecular flexibility index (Phi) is 10.1. The van der Waals surface area contributed by atoms with Crippen LogP contribution in [0.15, 0.2) is 140 Å². The smallest absolute Gasteiger partial charge is 0.264 e. The Hall–Kier alpha value is -5.62. The van der Waals surface area contributed by atoms with Crippen LogP contribution in [0, 0.1) is 0 Å². The highest BCUT2D eigenvalue weighted by atomic mass is 32.1. The van der Waals surface area contributed by atoms with E-state index in [1.54, 1.807) is 0 Å². The summed E-state index contributed by atoms with van der Waals surface area (Å²) in [5, 5.41) is 3.99. The van der Waals surface area contributed by atoms with Crippen molar-refractivity contribution in [2.24, 2.45) is 0 Å². The van der Waals surface area contributed by atoms with E-state index in [1.165, 1.54) is 113 Å². The minimum Gasteiger partial charge on any atom is -0.311 e. The molecule has 0 aliphatic carbocycles. The van der Waals surface area contributed by atoms with E-state index in [1.807, 2.05) is 22.7 Å². The van der Waals surface area contributed by atoms with Crippen molar-refractivity contribution in [1.29, 1.82) is 0 Å². The molecule has 0 atom stereocenters. The Bertz CT molecular complexity index is 3420. The van der Waals surface area contributed by atoms with Crippen LogP contribution in [0.5, 0.6) is 0 Å². The molecule has 2 aliphatic rings. The van der Waals surface area contributed by atoms with Crippen LogP contribution in [0.2, 0.25) is 0 Å². The zero-order chi connectivity index (χ0) is 46.9. The van der Waals surface area contributed by atoms with Gasteiger partial charge in [0, 0.05) is 63.3 Å². The maximum Gasteiger partial charge on any atom is 0.264 e. The normalized spacial score (nSPS) is 14.0. The van der Waals surface area contributed by atoms with Gasteiger partial charge in [-0.3, -0.25) is 0 Å². The van der Waals surface area contributed by atoms with E-state index in [0.29, 0.717) is 0 Å². The number of hydrogen-bond acceptors (Lipinski definition) is 4. The van der Waals surface area contributed by atoms with Crippen LogP contribution in [0.4, 0.5) is 34.1 Å². The fourth-order valence-electron chi connectivity index (χ4n) is 10.6. The molecule has 4 heterocycles. The van der Waals surface area contributed by atoms with Crippen molar-refractivity contribution in [3.05, 3.63) is 162 Å². The Labute approximate surface area is 407 Å². The first-order valence-electron chi connectivity index (χ1n) is 24.5. The topological polar surface area (TPSA) is 6.48 Å². The number of rotatable bonds is 7. The van der Waals surface area contributed by atoms with Crippen molar-refractivity contribution in [1.82, 2.24) is 0 Å². The largest absolute Gasteiger partial charge is 0.311 e. The standard InChI is InChI=1S/C62H63BN2S2/c1-13-61(9,10)39-23-28-43(29-24-39)64-51-19-17-20-52-56(51)63(58-57(64)47-36-41(60(6,7)8)27-33-55(47)67-58)48-37-42(62(11,12)14-2)26-31-50(48)65(52)49-30-25-40(59(3,4)5)35-45(49)38-22-32-54-46(34-38)44-18-15-16-21-53(44)66-54/h15-37H,13-14H2,1-12H3. The molecule has 0 fully saturated rings. The summed E-state index contributed by atoms with van der Waals surface area (Å²) in [6.45, 7) is 28.3. The SMILES string of the molecule is CCC(C)(C)c1ccc(N2c3cccc4c3B(c3cc(C(C)(C)CC)ccc3N4c3ccc(C(C)(C)C)cc3-c3ccc4sc5ccccc5c4c3)c3sc4ccc(C(C)(C)C)cc4c32)cc1. The van der Waals surface area contributed by atoms with Gasteiger partial charge in [0.25, 0.3) is 6.71 Å². The van der Waals surface area contributed by atoms with Gasteiger partial charge >= 0.3 is 0 Å². The van der Waals surface area contributed by atoms with Gasteiger partial charge in [-0.2, -0.15) is 0 Å². The predicted molar refractivity (Wildman–Crippen MR) is 298 cm³/mol. The van der Waals surface area contributed by atoms with E-state index in [9.17, 15) is 0 Å². The monoisotopic (exact) mass is 910 g/mol. The van der Waals surface area contributed by atoms with Crippen LogP contribution < -0.4 is 25.5 Å². The Morgan fingerprint density at radius 3 is 1.75 bits per heavy atom. The van der Waals surface area contributed by atoms with Crippen LogP contribution >= 0.6 is 22.7 Å². The molecule has 0 bridgehead atoms. The first-order valence-corrected chi connectivity index (χ1v) is 26.1. The van der Waals surface area contributed by atoms with Crippen molar-refractivity contribution in [3.63, 3.8) is 0 Å². The molecule has 2 aromatic heterocycles. The number of fused-ring (bicyclic) bond motifs is 9. The zero-order valence-corrected chi connectivity index (χ0v) is 43.1. The predicted octanol–water partition coefficient (Wildman–Crippen LogP) is 17.0. The number of anilines is 6. The van der Waals surface area contributed by atoms with Gasteiger partial charge in [0.2, 0.25) is 0 Å². The van der Waals surface area contributed by atoms with Gasteiger partial charge in [-0.05, 0) is 146 Å². The Morgan fingerprint density at radius 2 is 1.03 bits per heavy atom. The van der Waals surface area contributed by atoms with E-state index in [-0.39, 0.29) is 28.4 Å². The summed E-state index contributed by atoms with van der Waals surface area (Å²) in [6, 6.07) is 54.7. The van der Waals surface area contributed by atoms with Crippen LogP contribution in [-0.2, 0) is 21.7 Å². The van der Waals surface area contributed by atoms with Crippen molar-refractivity contribution in [2.45, 2.75) is 118 Å². The lowest BCUT2D eigenvalue weighted by molar-refractivity contribution is 0.506. The first-order chi connectivity index (χ1) is 31.9. The summed E-state index contributed by atoms with van der Waals surface area (Å²) in [4.78, 5) is 5.26. The van der Waals surface area contributed by atoms with Gasteiger partial charge in [0.15, 0.2) is 0 Å². The van der Waals surface area contributed by atoms with Gasteiger partial charge < -0.3 is 9.80 Å². The minimum atomic E-state index is -0.0310. The van der Waals surface area contributed by atoms with Gasteiger partial charge in [0.05, 0.1) is 11.4 Å². The highest BCUT2D eigenvalue weighted by Crippen LogP contribution is 2.51. The molecule has 0 unspecified atom stereocenters. The molecule has 0 spiro atoms. The molecule has 67 heavy (non-hydrogen) atoms. The van der Waals surface area contributed by atoms with Crippen LogP contribution in [0.3, 0.4) is 0 Å². The molecule has 5 heteroatoms. The molecule has 0 radical (unpaired) electrons. The molecule has 336 valence electrons. The fourth-order valence-corrected chi connectivity index (χ4v) is 13.0. The molecular formula is C62H63BN2S2. The summed E-state index contributed by atoms with van der Waals surface area (Å²) < 4.78 is 5.42. The summed E-state index contributed by atoms with van der Waals surface area (Å²) in [7, 11) is 0. The average Bonchev–Trinajstić information content (AvgIpc) is 3.88. The van der Waals surface area contributed by atoms with E-state index in [0.717, 1.165) is 12.8 Å². The summed E-state index contributed by atoms with van der Waals surface area (Å²) in [5.41, 5.74) is 18.3. The number of benzene rings is 7. The molecule has 0 saturated heterocycles. The van der Waals surface area contributed by atoms with Gasteiger partial charge in [-0.1, -0.05) is 150 Å². The second kappa shape index (κ2) is 15.5. The van der Waals surface area contributed by atoms with Crippen molar-refractivity contribution >= 4 is 109 Å². The molecule has 2 nitrogen and oxygen atoms in total. The van der Waals surface area contributed by atoms with Crippen molar-refractivity contribution in [3.8, 4) is 11.1 Å². The lowest BCUT2D eigenvalue weighted by atomic mass is 9.36. The highest BCUT2D eigenvalue weighted by molar-refractivity contribution is 7.33. The van der Waals surface area contributed by atoms with E-state index >= 15 is 0 Å². The van der Waals surface area contributed by atoms with E-state index in [4.69, 9.17) is 0 Å². The van der Waals surface area contributed by atoms with Crippen molar-refractivity contribution < 1.29 is 0 Å². The average molecular weight is 911 g/mol. The summed E-state index contributed by atoms with van der Waals surface area (Å²) in [5.74, 6) is 0. The van der Waals surface area contributed by atoms with E-state index < -0.39 is 0 Å². The maximum atomic E-state index is 2.63. The van der Waals surface area contributed by atoms with E-state index in [2.05, 4.69) is 232 Å². The highest BCUT2D eigenvalue weighted by Gasteiger charge is 2.46. The second-order valence-electron chi connectivity index (χ2n) is 22.7. The van der Waals surface area contributed by atoms with Crippen LogP contribution in [0.1, 0.15) is 118 Å². The summed E-state index contributed by atoms with van der Waals surface area (Å²) in [6.07, 6.45) is 2.14. The Morgan fingerprint density at radius 1 is 0.448 bits per heavy atom. The third-order valence-electron chi connectivity index (χ3n) is 15.7. The lowest BCUT2D eigenvalue weighted by Gasteiger charge is -2.44. The molecule has 0 saturated carbocycles. The van der Waals surface area contributed by atoms with Crippen LogP contribution in [-0.4, -0.2) is 6.71 Å². The molecule has 7 aromatic carbocycles. The molecule has 9 aromatic rings. The maximum absolute atomic E-state index is 2.63. The molecule has 2 aliphatic heterocycles. The van der Waals surface area contributed by atoms with Crippen LogP contribution in [0.25, 0.3) is 41.4 Å². The number of nitrogens with zero attached hydrogens (tertiary/aromatic N) is 2. The van der Waals surface area contributed by atoms with Gasteiger partial charge in [0.1, 0.15) is 0 Å². The minimum absolute atomic E-state index is 0.0111. The molecule has 0 amide bonds. The third kappa shape index (κ3) is 7.01. The molecule has 0 N–H and O–H groups in total. The van der Waals surface area contributed by atoms with Gasteiger partial charge in [-0.15, -0.1) is 22.7 Å². The lowest BCUT2D eigenvalue weighted by Crippen LogP contribution is -2.60. The number of thiophene rings is 2. The number of hydrogen-bond donors (Lipinski definition) is 0. The fraction of sp³-hybridized carbons (Fsp3) is 0.290. The quantitative estimate of drug-likeness (QED) is 0.147. The molecular weight excluding hydrogens is 848 g/mol. The third-order valence-corrected chi connectivity index (χ3v) is 18.1.